The Morgan fingerprint density at radius 3 is 2.71 bits per heavy atom. The molecule has 1 aliphatic heterocycles. The van der Waals surface area contributed by atoms with Crippen molar-refractivity contribution in [1.29, 1.82) is 0 Å². The molecule has 21 heavy (non-hydrogen) atoms. The van der Waals surface area contributed by atoms with Gasteiger partial charge in [0, 0.05) is 24.8 Å². The lowest BCUT2D eigenvalue weighted by Gasteiger charge is -2.28. The second-order valence-corrected chi connectivity index (χ2v) is 5.30. The van der Waals surface area contributed by atoms with E-state index in [0.29, 0.717) is 11.0 Å². The average Bonchev–Trinajstić information content (AvgIpc) is 2.50. The van der Waals surface area contributed by atoms with E-state index in [1.54, 1.807) is 0 Å². The Kier molecular flexibility index (Phi) is 4.22. The number of halogens is 1. The normalized spacial score (nSPS) is 15.0. The minimum atomic E-state index is 0.560. The summed E-state index contributed by atoms with van der Waals surface area (Å²) >= 11 is 6.16. The van der Waals surface area contributed by atoms with E-state index in [4.69, 9.17) is 16.3 Å². The predicted molar refractivity (Wildman–Crippen MR) is 84.5 cm³/mol. The minimum Gasteiger partial charge on any atom is -0.378 e. The second kappa shape index (κ2) is 6.28. The van der Waals surface area contributed by atoms with Crippen molar-refractivity contribution in [3.05, 3.63) is 41.0 Å². The van der Waals surface area contributed by atoms with Gasteiger partial charge in [0.05, 0.1) is 23.9 Å². The summed E-state index contributed by atoms with van der Waals surface area (Å²) in [6.07, 6.45) is 0. The highest BCUT2D eigenvalue weighted by Gasteiger charge is 2.14. The number of aryl methyl sites for hydroxylation is 1. The molecule has 1 aromatic carbocycles. The van der Waals surface area contributed by atoms with Crippen molar-refractivity contribution >= 4 is 29.1 Å². The van der Waals surface area contributed by atoms with Crippen LogP contribution in [0, 0.1) is 6.92 Å². The lowest BCUT2D eigenvalue weighted by atomic mass is 10.3. The fraction of sp³-hybridized carbons (Fsp3) is 0.333. The number of ether oxygens (including phenoxy) is 1. The molecule has 2 heterocycles. The van der Waals surface area contributed by atoms with Crippen LogP contribution < -0.4 is 10.2 Å². The molecule has 5 nitrogen and oxygen atoms in total. The zero-order valence-corrected chi connectivity index (χ0v) is 12.6. The van der Waals surface area contributed by atoms with Crippen LogP contribution in [0.15, 0.2) is 30.3 Å². The van der Waals surface area contributed by atoms with Crippen LogP contribution in [0.4, 0.5) is 17.5 Å². The third-order valence-electron chi connectivity index (χ3n) is 3.30. The van der Waals surface area contributed by atoms with Crippen molar-refractivity contribution in [1.82, 2.24) is 9.97 Å². The lowest BCUT2D eigenvalue weighted by molar-refractivity contribution is 0.122. The highest BCUT2D eigenvalue weighted by Crippen LogP contribution is 2.24. The molecule has 1 fully saturated rings. The van der Waals surface area contributed by atoms with Crippen molar-refractivity contribution in [2.45, 2.75) is 6.92 Å². The number of aromatic nitrogens is 2. The standard InChI is InChI=1S/C15H17ClN4O/c1-11-10-14(20-6-8-21-9-7-20)19-15(17-11)18-13-5-3-2-4-12(13)16/h2-5,10H,6-9H2,1H3,(H,17,18,19). The number of hydrogen-bond acceptors (Lipinski definition) is 5. The van der Waals surface area contributed by atoms with Gasteiger partial charge < -0.3 is 15.0 Å². The smallest absolute Gasteiger partial charge is 0.229 e. The van der Waals surface area contributed by atoms with E-state index >= 15 is 0 Å². The number of rotatable bonds is 3. The van der Waals surface area contributed by atoms with Gasteiger partial charge in [-0.1, -0.05) is 23.7 Å². The van der Waals surface area contributed by atoms with Gasteiger partial charge >= 0.3 is 0 Å². The monoisotopic (exact) mass is 304 g/mol. The summed E-state index contributed by atoms with van der Waals surface area (Å²) in [6, 6.07) is 9.55. The molecule has 110 valence electrons. The molecule has 0 bridgehead atoms. The third kappa shape index (κ3) is 3.43. The number of anilines is 3. The number of nitrogens with one attached hydrogen (secondary N) is 1. The van der Waals surface area contributed by atoms with Crippen molar-refractivity contribution in [2.24, 2.45) is 0 Å². The summed E-state index contributed by atoms with van der Waals surface area (Å²) in [5, 5.41) is 3.83. The molecule has 0 unspecified atom stereocenters. The van der Waals surface area contributed by atoms with E-state index in [2.05, 4.69) is 20.2 Å². The largest absolute Gasteiger partial charge is 0.378 e. The molecule has 2 aromatic rings. The molecule has 1 aliphatic rings. The van der Waals surface area contributed by atoms with E-state index in [0.717, 1.165) is 43.5 Å². The van der Waals surface area contributed by atoms with Crippen LogP contribution >= 0.6 is 11.6 Å². The highest BCUT2D eigenvalue weighted by atomic mass is 35.5. The van der Waals surface area contributed by atoms with Gasteiger partial charge in [0.2, 0.25) is 5.95 Å². The zero-order chi connectivity index (χ0) is 14.7. The first-order valence-electron chi connectivity index (χ1n) is 6.92. The molecular formula is C15H17ClN4O. The van der Waals surface area contributed by atoms with Gasteiger partial charge in [-0.3, -0.25) is 0 Å². The van der Waals surface area contributed by atoms with Crippen molar-refractivity contribution in [3.63, 3.8) is 0 Å². The topological polar surface area (TPSA) is 50.3 Å². The zero-order valence-electron chi connectivity index (χ0n) is 11.8. The van der Waals surface area contributed by atoms with Crippen LogP contribution in [-0.2, 0) is 4.74 Å². The maximum Gasteiger partial charge on any atom is 0.229 e. The molecule has 3 rings (SSSR count). The van der Waals surface area contributed by atoms with E-state index in [9.17, 15) is 0 Å². The van der Waals surface area contributed by atoms with Crippen molar-refractivity contribution in [3.8, 4) is 0 Å². The number of para-hydroxylation sites is 1. The van der Waals surface area contributed by atoms with Crippen LogP contribution in [-0.4, -0.2) is 36.3 Å². The molecule has 0 aliphatic carbocycles. The first kappa shape index (κ1) is 14.1. The van der Waals surface area contributed by atoms with Crippen LogP contribution in [0.25, 0.3) is 0 Å². The van der Waals surface area contributed by atoms with Gasteiger partial charge in [-0.15, -0.1) is 0 Å². The minimum absolute atomic E-state index is 0.560. The molecule has 0 atom stereocenters. The molecule has 0 amide bonds. The van der Waals surface area contributed by atoms with Gasteiger partial charge in [0.1, 0.15) is 5.82 Å². The number of morpholine rings is 1. The lowest BCUT2D eigenvalue weighted by Crippen LogP contribution is -2.36. The molecule has 1 N–H and O–H groups in total. The van der Waals surface area contributed by atoms with E-state index < -0.39 is 0 Å². The quantitative estimate of drug-likeness (QED) is 0.944. The maximum atomic E-state index is 6.16. The fourth-order valence-corrected chi connectivity index (χ4v) is 2.43. The molecule has 6 heteroatoms. The third-order valence-corrected chi connectivity index (χ3v) is 3.63. The van der Waals surface area contributed by atoms with Crippen LogP contribution in [0.1, 0.15) is 5.69 Å². The highest BCUT2D eigenvalue weighted by molar-refractivity contribution is 6.33. The van der Waals surface area contributed by atoms with Gasteiger partial charge in [-0.2, -0.15) is 4.98 Å². The number of nitrogens with zero attached hydrogens (tertiary/aromatic N) is 3. The van der Waals surface area contributed by atoms with E-state index in [-0.39, 0.29) is 0 Å². The molecule has 0 spiro atoms. The Labute approximate surface area is 128 Å². The van der Waals surface area contributed by atoms with Crippen molar-refractivity contribution in [2.75, 3.05) is 36.5 Å². The fourth-order valence-electron chi connectivity index (χ4n) is 2.25. The molecule has 0 radical (unpaired) electrons. The Morgan fingerprint density at radius 2 is 1.95 bits per heavy atom. The summed E-state index contributed by atoms with van der Waals surface area (Å²) in [4.78, 5) is 11.2. The number of hydrogen-bond donors (Lipinski definition) is 1. The summed E-state index contributed by atoms with van der Waals surface area (Å²) in [5.74, 6) is 1.48. The van der Waals surface area contributed by atoms with E-state index in [1.165, 1.54) is 0 Å². The van der Waals surface area contributed by atoms with Gasteiger partial charge in [0.25, 0.3) is 0 Å². The molecule has 1 aromatic heterocycles. The van der Waals surface area contributed by atoms with Crippen LogP contribution in [0.5, 0.6) is 0 Å². The molecule has 1 saturated heterocycles. The molecular weight excluding hydrogens is 288 g/mol. The summed E-state index contributed by atoms with van der Waals surface area (Å²) in [7, 11) is 0. The number of benzene rings is 1. The van der Waals surface area contributed by atoms with Crippen LogP contribution in [0.2, 0.25) is 5.02 Å². The van der Waals surface area contributed by atoms with Gasteiger partial charge in [-0.25, -0.2) is 4.98 Å². The van der Waals surface area contributed by atoms with Gasteiger partial charge in [-0.05, 0) is 19.1 Å². The Balaban J connectivity index is 1.85. The average molecular weight is 305 g/mol. The first-order chi connectivity index (χ1) is 10.2. The summed E-state index contributed by atoms with van der Waals surface area (Å²) in [5.41, 5.74) is 1.72. The Hall–Kier alpha value is -1.85. The first-order valence-corrected chi connectivity index (χ1v) is 7.30. The second-order valence-electron chi connectivity index (χ2n) is 4.90. The van der Waals surface area contributed by atoms with Crippen molar-refractivity contribution < 1.29 is 4.74 Å². The predicted octanol–water partition coefficient (Wildman–Crippen LogP) is 3.02. The molecule has 0 saturated carbocycles. The van der Waals surface area contributed by atoms with E-state index in [1.807, 2.05) is 37.3 Å². The summed E-state index contributed by atoms with van der Waals surface area (Å²) in [6.45, 7) is 5.13. The van der Waals surface area contributed by atoms with Crippen LogP contribution in [0.3, 0.4) is 0 Å². The SMILES string of the molecule is Cc1cc(N2CCOCC2)nc(Nc2ccccc2Cl)n1. The van der Waals surface area contributed by atoms with Gasteiger partial charge in [0.15, 0.2) is 0 Å². The summed E-state index contributed by atoms with van der Waals surface area (Å²) < 4.78 is 5.37. The Morgan fingerprint density at radius 1 is 1.19 bits per heavy atom. The Bertz CT molecular complexity index is 629. The maximum absolute atomic E-state index is 6.16.